The van der Waals surface area contributed by atoms with E-state index >= 15 is 0 Å². The van der Waals surface area contributed by atoms with Gasteiger partial charge in [0, 0.05) is 30.3 Å². The number of fused-ring (bicyclic) bond motifs is 3. The first kappa shape index (κ1) is 34.5. The van der Waals surface area contributed by atoms with E-state index in [2.05, 4.69) is 41.7 Å². The number of unbranched alkanes of at least 4 members (excludes halogenated alkanes) is 1. The van der Waals surface area contributed by atoms with Gasteiger partial charge in [0.1, 0.15) is 16.9 Å². The molecule has 0 fully saturated rings. The van der Waals surface area contributed by atoms with Crippen LogP contribution in [0.4, 0.5) is 10.6 Å². The molecule has 2 aromatic heterocycles. The first-order valence-corrected chi connectivity index (χ1v) is 15.3. The van der Waals surface area contributed by atoms with Crippen molar-refractivity contribution in [2.75, 3.05) is 65.1 Å². The maximum absolute atomic E-state index is 11.6. The van der Waals surface area contributed by atoms with Gasteiger partial charge in [0.05, 0.1) is 63.9 Å². The van der Waals surface area contributed by atoms with Crippen molar-refractivity contribution < 1.29 is 28.5 Å². The Morgan fingerprint density at radius 1 is 0.907 bits per heavy atom. The number of amides is 1. The Kier molecular flexibility index (Phi) is 13.4. The number of alkyl carbamates (subject to hydrolysis) is 1. The van der Waals surface area contributed by atoms with Crippen LogP contribution in [0.25, 0.3) is 21.9 Å². The van der Waals surface area contributed by atoms with Gasteiger partial charge < -0.3 is 39.3 Å². The topological polar surface area (TPSA) is 132 Å². The van der Waals surface area contributed by atoms with Crippen molar-refractivity contribution in [1.29, 1.82) is 0 Å². The number of aryl methyl sites for hydroxylation is 1. The fourth-order valence-corrected chi connectivity index (χ4v) is 4.62. The van der Waals surface area contributed by atoms with Gasteiger partial charge in [-0.2, -0.15) is 0 Å². The SMILES string of the molecule is CCCCc1nc2c(N)nc3ccccc3c2n1CC(C)(C)COCCOCCOCCOCCNC(=O)OC(C)(C)C. The van der Waals surface area contributed by atoms with E-state index in [1.165, 1.54) is 0 Å². The number of benzene rings is 1. The standard InChI is InChI=1S/C32H51N5O6/c1-7-8-13-26-36-27-28(24-11-9-10-12-25(24)35-29(27)33)37(26)22-32(5,6)23-42-21-20-41-19-18-40-17-16-39-15-14-34-30(38)43-31(2,3)4/h9-12H,7-8,13-23H2,1-6H3,(H2,33,35)(H,34,38). The average molecular weight is 602 g/mol. The summed E-state index contributed by atoms with van der Waals surface area (Å²) in [6, 6.07) is 8.10. The molecule has 11 nitrogen and oxygen atoms in total. The minimum atomic E-state index is -0.511. The molecule has 0 aliphatic carbocycles. The lowest BCUT2D eigenvalue weighted by Gasteiger charge is -2.26. The Labute approximate surface area is 255 Å². The first-order valence-electron chi connectivity index (χ1n) is 15.3. The number of imidazole rings is 1. The van der Waals surface area contributed by atoms with Gasteiger partial charge >= 0.3 is 6.09 Å². The number of pyridine rings is 1. The molecule has 3 N–H and O–H groups in total. The van der Waals surface area contributed by atoms with Crippen LogP contribution in [0.15, 0.2) is 24.3 Å². The first-order chi connectivity index (χ1) is 20.5. The number of carbonyl (C=O) groups is 1. The minimum absolute atomic E-state index is 0.140. The quantitative estimate of drug-likeness (QED) is 0.180. The van der Waals surface area contributed by atoms with Crippen LogP contribution in [0.3, 0.4) is 0 Å². The second-order valence-corrected chi connectivity index (χ2v) is 12.4. The van der Waals surface area contributed by atoms with Crippen molar-refractivity contribution in [3.63, 3.8) is 0 Å². The number of anilines is 1. The van der Waals surface area contributed by atoms with Crippen LogP contribution >= 0.6 is 0 Å². The minimum Gasteiger partial charge on any atom is -0.444 e. The zero-order chi connectivity index (χ0) is 31.3. The van der Waals surface area contributed by atoms with Crippen molar-refractivity contribution in [2.45, 2.75) is 73.0 Å². The summed E-state index contributed by atoms with van der Waals surface area (Å²) < 4.78 is 30.2. The molecule has 0 saturated carbocycles. The summed E-state index contributed by atoms with van der Waals surface area (Å²) in [7, 11) is 0. The molecule has 0 aliphatic rings. The van der Waals surface area contributed by atoms with E-state index in [1.807, 2.05) is 39.0 Å². The number of nitrogens with one attached hydrogen (secondary N) is 1. The Hall–Kier alpha value is -2.99. The molecule has 43 heavy (non-hydrogen) atoms. The van der Waals surface area contributed by atoms with Gasteiger partial charge in [-0.3, -0.25) is 0 Å². The van der Waals surface area contributed by atoms with E-state index in [4.69, 9.17) is 34.4 Å². The molecular weight excluding hydrogens is 550 g/mol. The molecule has 2 heterocycles. The van der Waals surface area contributed by atoms with Gasteiger partial charge in [-0.05, 0) is 33.3 Å². The summed E-state index contributed by atoms with van der Waals surface area (Å²) in [4.78, 5) is 21.1. The molecule has 0 bridgehead atoms. The molecule has 3 rings (SSSR count). The number of nitrogen functional groups attached to an aromatic ring is 1. The number of aromatic nitrogens is 3. The lowest BCUT2D eigenvalue weighted by molar-refractivity contribution is -0.0146. The Morgan fingerprint density at radius 2 is 1.53 bits per heavy atom. The van der Waals surface area contributed by atoms with Crippen molar-refractivity contribution in [3.05, 3.63) is 30.1 Å². The van der Waals surface area contributed by atoms with Gasteiger partial charge in [-0.25, -0.2) is 14.8 Å². The molecule has 240 valence electrons. The second-order valence-electron chi connectivity index (χ2n) is 12.4. The smallest absolute Gasteiger partial charge is 0.407 e. The van der Waals surface area contributed by atoms with E-state index in [9.17, 15) is 4.79 Å². The molecule has 0 radical (unpaired) electrons. The predicted octanol–water partition coefficient (Wildman–Crippen LogP) is 5.13. The molecule has 11 heteroatoms. The number of hydrogen-bond acceptors (Lipinski definition) is 9. The van der Waals surface area contributed by atoms with Crippen LogP contribution in [0.5, 0.6) is 0 Å². The summed E-state index contributed by atoms with van der Waals surface area (Å²) in [6.07, 6.45) is 2.60. The number of rotatable bonds is 19. The highest BCUT2D eigenvalue weighted by atomic mass is 16.6. The zero-order valence-corrected chi connectivity index (χ0v) is 26.9. The van der Waals surface area contributed by atoms with Crippen molar-refractivity contribution in [1.82, 2.24) is 19.9 Å². The van der Waals surface area contributed by atoms with E-state index in [0.717, 1.165) is 53.6 Å². The van der Waals surface area contributed by atoms with Crippen LogP contribution in [-0.4, -0.2) is 85.6 Å². The maximum Gasteiger partial charge on any atom is 0.407 e. The lowest BCUT2D eigenvalue weighted by atomic mass is 9.94. The number of para-hydroxylation sites is 1. The average Bonchev–Trinajstić information content (AvgIpc) is 3.29. The molecule has 1 amide bonds. The van der Waals surface area contributed by atoms with Crippen LogP contribution in [0.2, 0.25) is 0 Å². The molecule has 0 unspecified atom stereocenters. The van der Waals surface area contributed by atoms with E-state index < -0.39 is 11.7 Å². The summed E-state index contributed by atoms with van der Waals surface area (Å²) in [6.45, 7) is 17.1. The lowest BCUT2D eigenvalue weighted by Crippen LogP contribution is -2.34. The number of hydrogen-bond donors (Lipinski definition) is 2. The molecule has 0 saturated heterocycles. The third-order valence-corrected chi connectivity index (χ3v) is 6.55. The zero-order valence-electron chi connectivity index (χ0n) is 26.9. The largest absolute Gasteiger partial charge is 0.444 e. The van der Waals surface area contributed by atoms with E-state index in [-0.39, 0.29) is 5.41 Å². The number of nitrogens with two attached hydrogens (primary N) is 1. The van der Waals surface area contributed by atoms with Crippen molar-refractivity contribution in [3.8, 4) is 0 Å². The van der Waals surface area contributed by atoms with Gasteiger partial charge in [-0.15, -0.1) is 0 Å². The van der Waals surface area contributed by atoms with Gasteiger partial charge in [0.2, 0.25) is 0 Å². The van der Waals surface area contributed by atoms with Crippen molar-refractivity contribution >= 4 is 33.8 Å². The highest BCUT2D eigenvalue weighted by molar-refractivity contribution is 6.06. The van der Waals surface area contributed by atoms with Crippen molar-refractivity contribution in [2.24, 2.45) is 5.41 Å². The van der Waals surface area contributed by atoms with E-state index in [1.54, 1.807) is 0 Å². The molecule has 0 spiro atoms. The van der Waals surface area contributed by atoms with Gasteiger partial charge in [0.15, 0.2) is 5.82 Å². The molecule has 1 aromatic carbocycles. The van der Waals surface area contributed by atoms with Crippen LogP contribution in [0.1, 0.15) is 60.2 Å². The summed E-state index contributed by atoms with van der Waals surface area (Å²) in [5, 5.41) is 3.72. The van der Waals surface area contributed by atoms with Crippen LogP contribution < -0.4 is 11.1 Å². The van der Waals surface area contributed by atoms with E-state index in [0.29, 0.717) is 65.2 Å². The van der Waals surface area contributed by atoms with Gasteiger partial charge in [0.25, 0.3) is 0 Å². The van der Waals surface area contributed by atoms with Crippen LogP contribution in [0, 0.1) is 5.41 Å². The highest BCUT2D eigenvalue weighted by Crippen LogP contribution is 2.32. The third kappa shape index (κ3) is 11.6. The second kappa shape index (κ2) is 16.7. The fraction of sp³-hybridized carbons (Fsp3) is 0.656. The maximum atomic E-state index is 11.6. The summed E-state index contributed by atoms with van der Waals surface area (Å²) >= 11 is 0. The third-order valence-electron chi connectivity index (χ3n) is 6.55. The molecule has 0 atom stereocenters. The predicted molar refractivity (Wildman–Crippen MR) is 169 cm³/mol. The molecule has 0 aliphatic heterocycles. The Bertz CT molecular complexity index is 1290. The molecule has 3 aromatic rings. The number of carbonyl (C=O) groups excluding carboxylic acids is 1. The number of nitrogens with zero attached hydrogens (tertiary/aromatic N) is 3. The monoisotopic (exact) mass is 601 g/mol. The van der Waals surface area contributed by atoms with Gasteiger partial charge in [-0.1, -0.05) is 45.4 Å². The summed E-state index contributed by atoms with van der Waals surface area (Å²) in [5.41, 5.74) is 8.41. The normalized spacial score (nSPS) is 12.3. The number of ether oxygens (including phenoxy) is 5. The Morgan fingerprint density at radius 3 is 2.19 bits per heavy atom. The van der Waals surface area contributed by atoms with Crippen LogP contribution in [-0.2, 0) is 36.6 Å². The summed E-state index contributed by atoms with van der Waals surface area (Å²) in [5.74, 6) is 1.52. The highest BCUT2D eigenvalue weighted by Gasteiger charge is 2.24. The Balaban J connectivity index is 1.34. The fourth-order valence-electron chi connectivity index (χ4n) is 4.62. The molecular formula is C32H51N5O6.